The fourth-order valence-electron chi connectivity index (χ4n) is 2.68. The molecule has 2 aromatic carbocycles. The van der Waals surface area contributed by atoms with Crippen LogP contribution in [0.25, 0.3) is 0 Å². The van der Waals surface area contributed by atoms with E-state index in [-0.39, 0.29) is 17.0 Å². The number of halogens is 2. The lowest BCUT2D eigenvalue weighted by Gasteiger charge is -2.37. The van der Waals surface area contributed by atoms with E-state index < -0.39 is 27.1 Å². The van der Waals surface area contributed by atoms with Crippen LogP contribution in [0.15, 0.2) is 42.5 Å². The zero-order valence-electron chi connectivity index (χ0n) is 12.3. The Hall–Kier alpha value is -2.42. The van der Waals surface area contributed by atoms with E-state index in [1.807, 2.05) is 0 Å². The number of alkyl halides is 1. The van der Waals surface area contributed by atoms with Crippen LogP contribution in [0, 0.1) is 20.2 Å². The highest BCUT2D eigenvalue weighted by atomic mass is 35.5. The summed E-state index contributed by atoms with van der Waals surface area (Å²) in [5, 5.41) is 33.5. The molecule has 0 bridgehead atoms. The second-order valence-corrected chi connectivity index (χ2v) is 6.46. The van der Waals surface area contributed by atoms with Gasteiger partial charge >= 0.3 is 5.00 Å². The van der Waals surface area contributed by atoms with Gasteiger partial charge in [-0.05, 0) is 29.8 Å². The van der Waals surface area contributed by atoms with Crippen molar-refractivity contribution in [2.24, 2.45) is 0 Å². The molecule has 0 amide bonds. The first-order chi connectivity index (χ1) is 11.7. The first kappa shape index (κ1) is 17.4. The first-order valence-corrected chi connectivity index (χ1v) is 7.72. The molecular weight excluding hydrogens is 375 g/mol. The zero-order chi connectivity index (χ0) is 18.4. The Morgan fingerprint density at radius 3 is 2.32 bits per heavy atom. The van der Waals surface area contributed by atoms with Gasteiger partial charge in [-0.1, -0.05) is 23.7 Å². The van der Waals surface area contributed by atoms with Crippen LogP contribution in [0.2, 0.25) is 5.02 Å². The van der Waals surface area contributed by atoms with Crippen molar-refractivity contribution >= 4 is 28.9 Å². The Morgan fingerprint density at radius 2 is 1.76 bits per heavy atom. The Morgan fingerprint density at radius 1 is 1.12 bits per heavy atom. The van der Waals surface area contributed by atoms with Crippen LogP contribution in [0.5, 0.6) is 5.75 Å². The van der Waals surface area contributed by atoms with Crippen molar-refractivity contribution in [2.45, 2.75) is 17.2 Å². The summed E-state index contributed by atoms with van der Waals surface area (Å²) in [6.07, 6.45) is -3.15. The predicted molar refractivity (Wildman–Crippen MR) is 88.5 cm³/mol. The standard InChI is InChI=1S/C15H10Cl2N2O6/c16-9-3-1-8(2-4-9)14-15(17,19(23)24)13(20)11-7-10(18(21)22)5-6-12(11)25-14/h1-7,13-14,20H. The van der Waals surface area contributed by atoms with E-state index in [1.54, 1.807) is 0 Å². The van der Waals surface area contributed by atoms with Gasteiger partial charge in [0, 0.05) is 28.3 Å². The van der Waals surface area contributed by atoms with E-state index in [0.29, 0.717) is 10.6 Å². The molecule has 2 aromatic rings. The van der Waals surface area contributed by atoms with Crippen LogP contribution in [0.4, 0.5) is 5.69 Å². The van der Waals surface area contributed by atoms with Crippen LogP contribution < -0.4 is 4.74 Å². The lowest BCUT2D eigenvalue weighted by molar-refractivity contribution is -0.570. The number of fused-ring (bicyclic) bond motifs is 1. The van der Waals surface area contributed by atoms with Crippen molar-refractivity contribution in [3.63, 3.8) is 0 Å². The lowest BCUT2D eigenvalue weighted by atomic mass is 9.89. The van der Waals surface area contributed by atoms with E-state index in [1.165, 1.54) is 36.4 Å². The van der Waals surface area contributed by atoms with E-state index in [2.05, 4.69) is 0 Å². The van der Waals surface area contributed by atoms with Gasteiger partial charge in [0.2, 0.25) is 6.10 Å². The van der Waals surface area contributed by atoms with Crippen LogP contribution in [0.3, 0.4) is 0 Å². The lowest BCUT2D eigenvalue weighted by Crippen LogP contribution is -2.49. The molecule has 0 aliphatic carbocycles. The van der Waals surface area contributed by atoms with Crippen LogP contribution in [-0.4, -0.2) is 20.0 Å². The zero-order valence-corrected chi connectivity index (χ0v) is 13.8. The minimum atomic E-state index is -2.46. The highest BCUT2D eigenvalue weighted by Crippen LogP contribution is 2.52. The van der Waals surface area contributed by atoms with Crippen LogP contribution >= 0.6 is 23.2 Å². The number of hydrogen-bond donors (Lipinski definition) is 1. The van der Waals surface area contributed by atoms with Crippen molar-refractivity contribution in [3.8, 4) is 5.75 Å². The van der Waals surface area contributed by atoms with Gasteiger partial charge in [0.15, 0.2) is 6.10 Å². The van der Waals surface area contributed by atoms with Gasteiger partial charge in [-0.2, -0.15) is 0 Å². The SMILES string of the molecule is O=[N+]([O-])c1ccc2c(c1)C(O)C(Cl)([N+](=O)[O-])C(c1ccc(Cl)cc1)O2. The minimum Gasteiger partial charge on any atom is -0.476 e. The number of nitrogens with zero attached hydrogens (tertiary/aromatic N) is 2. The Kier molecular flexibility index (Phi) is 4.28. The average molecular weight is 385 g/mol. The third kappa shape index (κ3) is 2.78. The number of aliphatic hydroxyl groups is 1. The molecular formula is C15H10Cl2N2O6. The number of non-ortho nitro benzene ring substituents is 1. The average Bonchev–Trinajstić information content (AvgIpc) is 2.58. The summed E-state index contributed by atoms with van der Waals surface area (Å²) in [4.78, 5) is 18.5. The van der Waals surface area contributed by atoms with E-state index >= 15 is 0 Å². The van der Waals surface area contributed by atoms with Gasteiger partial charge in [-0.15, -0.1) is 0 Å². The molecule has 1 aliphatic heterocycles. The highest BCUT2D eigenvalue weighted by Gasteiger charge is 2.61. The molecule has 3 atom stereocenters. The number of ether oxygens (including phenoxy) is 1. The molecule has 3 rings (SSSR count). The summed E-state index contributed by atoms with van der Waals surface area (Å²) in [5.74, 6) is 0.0798. The van der Waals surface area contributed by atoms with Crippen molar-refractivity contribution < 1.29 is 19.7 Å². The fourth-order valence-corrected chi connectivity index (χ4v) is 3.09. The van der Waals surface area contributed by atoms with Gasteiger partial charge < -0.3 is 9.84 Å². The highest BCUT2D eigenvalue weighted by molar-refractivity contribution is 6.30. The van der Waals surface area contributed by atoms with Crippen molar-refractivity contribution in [1.82, 2.24) is 0 Å². The molecule has 1 aliphatic rings. The minimum absolute atomic E-state index is 0.0798. The van der Waals surface area contributed by atoms with Crippen molar-refractivity contribution in [3.05, 3.63) is 78.8 Å². The monoisotopic (exact) mass is 384 g/mol. The molecule has 0 radical (unpaired) electrons. The molecule has 130 valence electrons. The number of hydrogen-bond acceptors (Lipinski definition) is 6. The summed E-state index contributed by atoms with van der Waals surface area (Å²) < 4.78 is 5.64. The molecule has 3 unspecified atom stereocenters. The second-order valence-electron chi connectivity index (χ2n) is 5.42. The largest absolute Gasteiger partial charge is 0.476 e. The van der Waals surface area contributed by atoms with E-state index in [9.17, 15) is 25.3 Å². The normalized spacial score (nSPS) is 24.9. The van der Waals surface area contributed by atoms with Gasteiger partial charge in [-0.25, -0.2) is 0 Å². The van der Waals surface area contributed by atoms with Gasteiger partial charge in [0.05, 0.1) is 9.85 Å². The summed E-state index contributed by atoms with van der Waals surface area (Å²) in [5.41, 5.74) is -0.126. The maximum atomic E-state index is 11.6. The van der Waals surface area contributed by atoms with Crippen molar-refractivity contribution in [1.29, 1.82) is 0 Å². The van der Waals surface area contributed by atoms with E-state index in [4.69, 9.17) is 27.9 Å². The second kappa shape index (κ2) is 6.14. The number of aliphatic hydroxyl groups excluding tert-OH is 1. The van der Waals surface area contributed by atoms with Gasteiger partial charge in [0.1, 0.15) is 5.75 Å². The molecule has 25 heavy (non-hydrogen) atoms. The van der Waals surface area contributed by atoms with Crippen molar-refractivity contribution in [2.75, 3.05) is 0 Å². The maximum Gasteiger partial charge on any atom is 0.364 e. The third-order valence-electron chi connectivity index (χ3n) is 3.95. The number of nitro benzene ring substituents is 1. The molecule has 0 fully saturated rings. The van der Waals surface area contributed by atoms with Crippen LogP contribution in [-0.2, 0) is 0 Å². The summed E-state index contributed by atoms with van der Waals surface area (Å²) >= 11 is 12.0. The fraction of sp³-hybridized carbons (Fsp3) is 0.200. The molecule has 0 aromatic heterocycles. The van der Waals surface area contributed by atoms with Crippen LogP contribution in [0.1, 0.15) is 23.3 Å². The summed E-state index contributed by atoms with van der Waals surface area (Å²) in [7, 11) is 0. The van der Waals surface area contributed by atoms with Gasteiger partial charge in [-0.3, -0.25) is 20.2 Å². The summed E-state index contributed by atoms with van der Waals surface area (Å²) in [6, 6.07) is 9.48. The number of nitro groups is 2. The molecule has 0 saturated heterocycles. The van der Waals surface area contributed by atoms with Gasteiger partial charge in [0.25, 0.3) is 5.69 Å². The topological polar surface area (TPSA) is 116 Å². The molecule has 10 heteroatoms. The third-order valence-corrected chi connectivity index (χ3v) is 4.74. The smallest absolute Gasteiger partial charge is 0.364 e. The van der Waals surface area contributed by atoms with E-state index in [0.717, 1.165) is 6.07 Å². The number of benzene rings is 2. The maximum absolute atomic E-state index is 11.6. The number of rotatable bonds is 3. The molecule has 8 nitrogen and oxygen atoms in total. The molecule has 1 N–H and O–H groups in total. The summed E-state index contributed by atoms with van der Waals surface area (Å²) in [6.45, 7) is 0. The Bertz CT molecular complexity index is 860. The molecule has 1 heterocycles. The Balaban J connectivity index is 2.16. The quantitative estimate of drug-likeness (QED) is 0.373. The molecule has 0 saturated carbocycles. The predicted octanol–water partition coefficient (Wildman–Crippen LogP) is 3.63. The molecule has 0 spiro atoms. The first-order valence-electron chi connectivity index (χ1n) is 6.97. The Labute approximate surface area is 150 Å².